The summed E-state index contributed by atoms with van der Waals surface area (Å²) in [4.78, 5) is 7.09. The van der Waals surface area contributed by atoms with E-state index in [1.54, 1.807) is 31.6 Å². The molecule has 4 rings (SSSR count). The van der Waals surface area contributed by atoms with Gasteiger partial charge in [0.2, 0.25) is 0 Å². The van der Waals surface area contributed by atoms with Crippen molar-refractivity contribution in [3.8, 4) is 11.5 Å². The summed E-state index contributed by atoms with van der Waals surface area (Å²) in [5.41, 5.74) is 1.97. The number of rotatable bonds is 7. The number of hydrogen-bond donors (Lipinski definition) is 0. The highest BCUT2D eigenvalue weighted by Gasteiger charge is 2.33. The Labute approximate surface area is 208 Å². The first kappa shape index (κ1) is 24.1. The SMILES string of the molecule is COc1ccc(Cc2csc(N3CCC(S(=O)(=O)c4ccc(Cl)cc4Cl)CC3)n2)c(OC)c1. The Kier molecular flexibility index (Phi) is 7.38. The Hall–Kier alpha value is -2.00. The highest BCUT2D eigenvalue weighted by atomic mass is 35.5. The maximum absolute atomic E-state index is 13.1. The van der Waals surface area contributed by atoms with Crippen LogP contribution in [-0.2, 0) is 16.3 Å². The van der Waals surface area contributed by atoms with Gasteiger partial charge in [-0.3, -0.25) is 0 Å². The molecule has 2 heterocycles. The van der Waals surface area contributed by atoms with Gasteiger partial charge in [0.15, 0.2) is 15.0 Å². The zero-order chi connectivity index (χ0) is 23.6. The number of methoxy groups -OCH3 is 2. The number of halogens is 2. The molecule has 1 fully saturated rings. The maximum Gasteiger partial charge on any atom is 0.185 e. The van der Waals surface area contributed by atoms with E-state index >= 15 is 0 Å². The van der Waals surface area contributed by atoms with Crippen LogP contribution in [0.3, 0.4) is 0 Å². The molecule has 1 aliphatic heterocycles. The van der Waals surface area contributed by atoms with Gasteiger partial charge < -0.3 is 14.4 Å². The molecule has 0 aliphatic carbocycles. The van der Waals surface area contributed by atoms with E-state index in [0.717, 1.165) is 27.9 Å². The molecular formula is C23H24Cl2N2O4S2. The molecule has 0 radical (unpaired) electrons. The minimum Gasteiger partial charge on any atom is -0.497 e. The van der Waals surface area contributed by atoms with Gasteiger partial charge in [-0.2, -0.15) is 0 Å². The Morgan fingerprint density at radius 2 is 1.85 bits per heavy atom. The van der Waals surface area contributed by atoms with Crippen molar-refractivity contribution in [2.75, 3.05) is 32.2 Å². The first-order chi connectivity index (χ1) is 15.8. The molecule has 0 amide bonds. The van der Waals surface area contributed by atoms with E-state index in [9.17, 15) is 8.42 Å². The van der Waals surface area contributed by atoms with Crippen LogP contribution in [0.15, 0.2) is 46.7 Å². The molecule has 176 valence electrons. The topological polar surface area (TPSA) is 68.7 Å². The molecule has 0 bridgehead atoms. The third-order valence-corrected chi connectivity index (χ3v) is 9.69. The van der Waals surface area contributed by atoms with Gasteiger partial charge in [0.25, 0.3) is 0 Å². The monoisotopic (exact) mass is 526 g/mol. The van der Waals surface area contributed by atoms with Crippen LogP contribution >= 0.6 is 34.5 Å². The average Bonchev–Trinajstić information content (AvgIpc) is 3.27. The second-order valence-corrected chi connectivity index (χ2v) is 11.7. The minimum atomic E-state index is -3.52. The number of anilines is 1. The molecule has 0 unspecified atom stereocenters. The molecule has 2 aromatic carbocycles. The minimum absolute atomic E-state index is 0.150. The molecule has 33 heavy (non-hydrogen) atoms. The summed E-state index contributed by atoms with van der Waals surface area (Å²) < 4.78 is 36.9. The van der Waals surface area contributed by atoms with Crippen molar-refractivity contribution < 1.29 is 17.9 Å². The van der Waals surface area contributed by atoms with Gasteiger partial charge in [-0.15, -0.1) is 11.3 Å². The predicted molar refractivity (Wildman–Crippen MR) is 133 cm³/mol. The molecule has 10 heteroatoms. The number of benzene rings is 2. The number of piperidine rings is 1. The van der Waals surface area contributed by atoms with Gasteiger partial charge in [-0.1, -0.05) is 29.3 Å². The lowest BCUT2D eigenvalue weighted by Crippen LogP contribution is -2.39. The van der Waals surface area contributed by atoms with Crippen LogP contribution in [0.2, 0.25) is 10.0 Å². The highest BCUT2D eigenvalue weighted by Crippen LogP contribution is 2.34. The molecule has 3 aromatic rings. The molecule has 0 atom stereocenters. The zero-order valence-electron chi connectivity index (χ0n) is 18.3. The summed E-state index contributed by atoms with van der Waals surface area (Å²) in [6, 6.07) is 10.3. The molecular weight excluding hydrogens is 503 g/mol. The maximum atomic E-state index is 13.1. The summed E-state index contributed by atoms with van der Waals surface area (Å²) in [6.45, 7) is 1.24. The van der Waals surface area contributed by atoms with Gasteiger partial charge in [0.05, 0.1) is 35.1 Å². The standard InChI is InChI=1S/C23H24Cl2N2O4S2/c1-30-18-5-3-15(21(13-18)31-2)11-17-14-32-23(26-17)27-9-7-19(8-10-27)33(28,29)22-6-4-16(24)12-20(22)25/h3-6,12-14,19H,7-11H2,1-2H3. The van der Waals surface area contributed by atoms with Crippen molar-refractivity contribution in [2.24, 2.45) is 0 Å². The molecule has 0 spiro atoms. The Bertz CT molecular complexity index is 1240. The van der Waals surface area contributed by atoms with Crippen LogP contribution in [0.4, 0.5) is 5.13 Å². The summed E-state index contributed by atoms with van der Waals surface area (Å²) in [5.74, 6) is 1.50. The van der Waals surface area contributed by atoms with Crippen molar-refractivity contribution >= 4 is 49.5 Å². The molecule has 6 nitrogen and oxygen atoms in total. The first-order valence-corrected chi connectivity index (χ1v) is 13.6. The van der Waals surface area contributed by atoms with Crippen LogP contribution in [0, 0.1) is 0 Å². The number of thiazole rings is 1. The summed E-state index contributed by atoms with van der Waals surface area (Å²) >= 11 is 13.7. The van der Waals surface area contributed by atoms with Gasteiger partial charge in [-0.05, 0) is 37.1 Å². The van der Waals surface area contributed by atoms with Crippen molar-refractivity contribution in [3.63, 3.8) is 0 Å². The van der Waals surface area contributed by atoms with E-state index in [1.165, 1.54) is 12.1 Å². The van der Waals surface area contributed by atoms with Crippen molar-refractivity contribution in [2.45, 2.75) is 29.4 Å². The van der Waals surface area contributed by atoms with Crippen molar-refractivity contribution in [3.05, 3.63) is 63.1 Å². The smallest absolute Gasteiger partial charge is 0.185 e. The van der Waals surface area contributed by atoms with E-state index in [0.29, 0.717) is 37.4 Å². The number of sulfone groups is 1. The Morgan fingerprint density at radius 1 is 1.09 bits per heavy atom. The lowest BCUT2D eigenvalue weighted by atomic mass is 10.1. The fourth-order valence-electron chi connectivity index (χ4n) is 3.96. The molecule has 0 saturated carbocycles. The Balaban J connectivity index is 1.42. The third-order valence-electron chi connectivity index (χ3n) is 5.76. The largest absolute Gasteiger partial charge is 0.497 e. The number of nitrogens with zero attached hydrogens (tertiary/aromatic N) is 2. The summed E-state index contributed by atoms with van der Waals surface area (Å²) in [6.07, 6.45) is 1.68. The van der Waals surface area contributed by atoms with E-state index < -0.39 is 15.1 Å². The summed E-state index contributed by atoms with van der Waals surface area (Å²) in [7, 11) is -0.259. The fraction of sp³-hybridized carbons (Fsp3) is 0.348. The van der Waals surface area contributed by atoms with Gasteiger partial charge in [0, 0.05) is 41.5 Å². The molecule has 0 N–H and O–H groups in total. The molecule has 1 aliphatic rings. The number of aromatic nitrogens is 1. The van der Waals surface area contributed by atoms with Crippen LogP contribution < -0.4 is 14.4 Å². The fourth-order valence-corrected chi connectivity index (χ4v) is 7.35. The third kappa shape index (κ3) is 5.24. The van der Waals surface area contributed by atoms with Crippen molar-refractivity contribution in [1.82, 2.24) is 4.98 Å². The molecule has 1 aromatic heterocycles. The zero-order valence-corrected chi connectivity index (χ0v) is 21.4. The van der Waals surface area contributed by atoms with Gasteiger partial charge >= 0.3 is 0 Å². The van der Waals surface area contributed by atoms with Gasteiger partial charge in [-0.25, -0.2) is 13.4 Å². The van der Waals surface area contributed by atoms with E-state index in [4.69, 9.17) is 37.7 Å². The normalized spacial score (nSPS) is 15.0. The average molecular weight is 527 g/mol. The molecule has 1 saturated heterocycles. The van der Waals surface area contributed by atoms with E-state index in [-0.39, 0.29) is 9.92 Å². The summed E-state index contributed by atoms with van der Waals surface area (Å²) in [5, 5.41) is 3.05. The Morgan fingerprint density at radius 3 is 2.52 bits per heavy atom. The predicted octanol–water partition coefficient (Wildman–Crippen LogP) is 5.50. The van der Waals surface area contributed by atoms with Gasteiger partial charge in [0.1, 0.15) is 11.5 Å². The quantitative estimate of drug-likeness (QED) is 0.404. The highest BCUT2D eigenvalue weighted by molar-refractivity contribution is 7.92. The van der Waals surface area contributed by atoms with Crippen molar-refractivity contribution in [1.29, 1.82) is 0 Å². The van der Waals surface area contributed by atoms with Crippen LogP contribution in [0.5, 0.6) is 11.5 Å². The first-order valence-electron chi connectivity index (χ1n) is 10.4. The number of hydrogen-bond acceptors (Lipinski definition) is 7. The van der Waals surface area contributed by atoms with Crippen LogP contribution in [-0.4, -0.2) is 46.0 Å². The number of ether oxygens (including phenoxy) is 2. The second-order valence-electron chi connectivity index (χ2n) is 7.78. The van der Waals surface area contributed by atoms with Crippen LogP contribution in [0.25, 0.3) is 0 Å². The second kappa shape index (κ2) is 10.1. The van der Waals surface area contributed by atoms with E-state index in [2.05, 4.69) is 4.90 Å². The van der Waals surface area contributed by atoms with Crippen LogP contribution in [0.1, 0.15) is 24.1 Å². The van der Waals surface area contributed by atoms with E-state index in [1.807, 2.05) is 23.6 Å². The lowest BCUT2D eigenvalue weighted by molar-refractivity contribution is 0.391. The lowest BCUT2D eigenvalue weighted by Gasteiger charge is -2.31.